The molecule has 70 valence electrons. The van der Waals surface area contributed by atoms with Crippen LogP contribution in [-0.2, 0) is 9.59 Å². The number of hydrogen-bond donors (Lipinski definition) is 0. The van der Waals surface area contributed by atoms with Gasteiger partial charge in [0.05, 0.1) is 6.42 Å². The van der Waals surface area contributed by atoms with Crippen molar-refractivity contribution in [2.24, 2.45) is 11.3 Å². The molecule has 0 aliphatic carbocycles. The molecule has 0 aromatic heterocycles. The van der Waals surface area contributed by atoms with E-state index in [4.69, 9.17) is 0 Å². The van der Waals surface area contributed by atoms with Gasteiger partial charge >= 0.3 is 0 Å². The number of Topliss-reactive ketones (excluding diaryl/α,β-unsaturated/α-hetero) is 2. The van der Waals surface area contributed by atoms with Crippen LogP contribution in [0.25, 0.3) is 0 Å². The first-order valence-corrected chi connectivity index (χ1v) is 4.31. The molecule has 0 bridgehead atoms. The molecule has 0 fully saturated rings. The molecule has 2 nitrogen and oxygen atoms in total. The van der Waals surface area contributed by atoms with Crippen LogP contribution in [0.4, 0.5) is 0 Å². The maximum absolute atomic E-state index is 11.4. The second-order valence-corrected chi connectivity index (χ2v) is 4.47. The summed E-state index contributed by atoms with van der Waals surface area (Å²) < 4.78 is 0. The van der Waals surface area contributed by atoms with E-state index in [1.807, 2.05) is 34.6 Å². The maximum atomic E-state index is 11.4. The van der Waals surface area contributed by atoms with E-state index in [0.717, 1.165) is 0 Å². The molecule has 0 saturated carbocycles. The first-order chi connectivity index (χ1) is 5.25. The number of rotatable bonds is 3. The van der Waals surface area contributed by atoms with Crippen molar-refractivity contribution in [3.8, 4) is 0 Å². The molecular formula is C10H18O2. The van der Waals surface area contributed by atoms with E-state index >= 15 is 0 Å². The summed E-state index contributed by atoms with van der Waals surface area (Å²) in [4.78, 5) is 22.5. The molecule has 0 aromatic rings. The van der Waals surface area contributed by atoms with E-state index in [1.165, 1.54) is 0 Å². The number of ketones is 2. The average Bonchev–Trinajstić information content (AvgIpc) is 1.85. The number of carbonyl (C=O) groups excluding carboxylic acids is 2. The summed E-state index contributed by atoms with van der Waals surface area (Å²) in [7, 11) is 0. The molecule has 0 radical (unpaired) electrons. The number of hydrogen-bond acceptors (Lipinski definition) is 2. The normalized spacial score (nSPS) is 11.8. The fourth-order valence-corrected chi connectivity index (χ4v) is 0.628. The Kier molecular flexibility index (Phi) is 3.62. The van der Waals surface area contributed by atoms with Crippen LogP contribution in [0.1, 0.15) is 41.0 Å². The quantitative estimate of drug-likeness (QED) is 0.608. The lowest BCUT2D eigenvalue weighted by atomic mass is 9.86. The van der Waals surface area contributed by atoms with Crippen LogP contribution in [0, 0.1) is 11.3 Å². The molecule has 0 unspecified atom stereocenters. The molecule has 12 heavy (non-hydrogen) atoms. The van der Waals surface area contributed by atoms with E-state index in [9.17, 15) is 9.59 Å². The average molecular weight is 170 g/mol. The Bertz CT molecular complexity index is 185. The summed E-state index contributed by atoms with van der Waals surface area (Å²) in [6.45, 7) is 9.14. The summed E-state index contributed by atoms with van der Waals surface area (Å²) in [6.07, 6.45) is 0.0845. The highest BCUT2D eigenvalue weighted by Crippen LogP contribution is 2.17. The lowest BCUT2D eigenvalue weighted by molar-refractivity contribution is -0.132. The third-order valence-corrected chi connectivity index (χ3v) is 1.82. The lowest BCUT2D eigenvalue weighted by Gasteiger charge is -2.16. The van der Waals surface area contributed by atoms with Gasteiger partial charge in [0.15, 0.2) is 0 Å². The van der Waals surface area contributed by atoms with Gasteiger partial charge in [-0.1, -0.05) is 34.6 Å². The van der Waals surface area contributed by atoms with Crippen LogP contribution < -0.4 is 0 Å². The van der Waals surface area contributed by atoms with Crippen molar-refractivity contribution in [1.82, 2.24) is 0 Å². The SMILES string of the molecule is CC(C)C(=O)CC(=O)C(C)(C)C. The molecule has 0 aromatic carbocycles. The van der Waals surface area contributed by atoms with Crippen LogP contribution in [0.15, 0.2) is 0 Å². The Morgan fingerprint density at radius 2 is 1.58 bits per heavy atom. The molecule has 2 heteroatoms. The standard InChI is InChI=1S/C10H18O2/c1-7(2)8(11)6-9(12)10(3,4)5/h7H,6H2,1-5H3. The first-order valence-electron chi connectivity index (χ1n) is 4.31. The summed E-state index contributed by atoms with van der Waals surface area (Å²) in [5, 5.41) is 0. The summed E-state index contributed by atoms with van der Waals surface area (Å²) in [5.74, 6) is 0.0347. The summed E-state index contributed by atoms with van der Waals surface area (Å²) in [5.41, 5.74) is -0.384. The third kappa shape index (κ3) is 3.65. The molecule has 0 spiro atoms. The molecule has 0 aliphatic rings. The van der Waals surface area contributed by atoms with E-state index in [1.54, 1.807) is 0 Å². The van der Waals surface area contributed by atoms with Crippen LogP contribution in [0.5, 0.6) is 0 Å². The van der Waals surface area contributed by atoms with Crippen LogP contribution >= 0.6 is 0 Å². The van der Waals surface area contributed by atoms with E-state index in [-0.39, 0.29) is 29.3 Å². The fraction of sp³-hybridized carbons (Fsp3) is 0.800. The molecule has 0 amide bonds. The molecule has 0 atom stereocenters. The van der Waals surface area contributed by atoms with Gasteiger partial charge in [-0.3, -0.25) is 9.59 Å². The molecular weight excluding hydrogens is 152 g/mol. The van der Waals surface area contributed by atoms with Gasteiger partial charge in [0, 0.05) is 11.3 Å². The van der Waals surface area contributed by atoms with E-state index in [0.29, 0.717) is 0 Å². The number of carbonyl (C=O) groups is 2. The molecule has 0 aliphatic heterocycles. The van der Waals surface area contributed by atoms with Crippen molar-refractivity contribution in [3.63, 3.8) is 0 Å². The molecule has 0 N–H and O–H groups in total. The maximum Gasteiger partial charge on any atom is 0.145 e. The Balaban J connectivity index is 4.12. The minimum absolute atomic E-state index is 0.0289. The molecule has 0 rings (SSSR count). The van der Waals surface area contributed by atoms with Gasteiger partial charge in [-0.05, 0) is 0 Å². The lowest BCUT2D eigenvalue weighted by Crippen LogP contribution is -2.24. The van der Waals surface area contributed by atoms with Gasteiger partial charge in [0.1, 0.15) is 11.6 Å². The van der Waals surface area contributed by atoms with Crippen molar-refractivity contribution in [2.45, 2.75) is 41.0 Å². The van der Waals surface area contributed by atoms with E-state index < -0.39 is 0 Å². The third-order valence-electron chi connectivity index (χ3n) is 1.82. The van der Waals surface area contributed by atoms with Gasteiger partial charge in [0.2, 0.25) is 0 Å². The van der Waals surface area contributed by atoms with Crippen molar-refractivity contribution in [2.75, 3.05) is 0 Å². The van der Waals surface area contributed by atoms with Gasteiger partial charge in [0.25, 0.3) is 0 Å². The van der Waals surface area contributed by atoms with Gasteiger partial charge in [-0.15, -0.1) is 0 Å². The van der Waals surface area contributed by atoms with Gasteiger partial charge in [-0.25, -0.2) is 0 Å². The predicted molar refractivity (Wildman–Crippen MR) is 48.9 cm³/mol. The zero-order chi connectivity index (χ0) is 9.94. The molecule has 0 heterocycles. The van der Waals surface area contributed by atoms with Gasteiger partial charge < -0.3 is 0 Å². The summed E-state index contributed by atoms with van der Waals surface area (Å²) >= 11 is 0. The highest BCUT2D eigenvalue weighted by molar-refractivity contribution is 6.01. The van der Waals surface area contributed by atoms with E-state index in [2.05, 4.69) is 0 Å². The van der Waals surface area contributed by atoms with Crippen molar-refractivity contribution in [1.29, 1.82) is 0 Å². The van der Waals surface area contributed by atoms with Crippen molar-refractivity contribution >= 4 is 11.6 Å². The minimum atomic E-state index is -0.384. The smallest absolute Gasteiger partial charge is 0.145 e. The highest BCUT2D eigenvalue weighted by atomic mass is 16.1. The highest BCUT2D eigenvalue weighted by Gasteiger charge is 2.24. The molecule has 0 saturated heterocycles. The summed E-state index contributed by atoms with van der Waals surface area (Å²) in [6, 6.07) is 0. The largest absolute Gasteiger partial charge is 0.299 e. The van der Waals surface area contributed by atoms with Crippen molar-refractivity contribution < 1.29 is 9.59 Å². The second kappa shape index (κ2) is 3.83. The topological polar surface area (TPSA) is 34.1 Å². The predicted octanol–water partition coefficient (Wildman–Crippen LogP) is 2.22. The van der Waals surface area contributed by atoms with Gasteiger partial charge in [-0.2, -0.15) is 0 Å². The Labute approximate surface area is 74.3 Å². The fourth-order valence-electron chi connectivity index (χ4n) is 0.628. The Hall–Kier alpha value is -0.660. The van der Waals surface area contributed by atoms with Crippen LogP contribution in [-0.4, -0.2) is 11.6 Å². The monoisotopic (exact) mass is 170 g/mol. The van der Waals surface area contributed by atoms with Crippen LogP contribution in [0.2, 0.25) is 0 Å². The first kappa shape index (κ1) is 11.3. The van der Waals surface area contributed by atoms with Crippen LogP contribution in [0.3, 0.4) is 0 Å². The second-order valence-electron chi connectivity index (χ2n) is 4.47. The van der Waals surface area contributed by atoms with Crippen molar-refractivity contribution in [3.05, 3.63) is 0 Å². The zero-order valence-corrected chi connectivity index (χ0v) is 8.60. The Morgan fingerprint density at radius 1 is 1.17 bits per heavy atom. The zero-order valence-electron chi connectivity index (χ0n) is 8.60. The minimum Gasteiger partial charge on any atom is -0.299 e. The Morgan fingerprint density at radius 3 is 1.83 bits per heavy atom.